The van der Waals surface area contributed by atoms with Crippen molar-refractivity contribution in [3.8, 4) is 6.07 Å². The second-order valence-electron chi connectivity index (χ2n) is 5.05. The Bertz CT molecular complexity index is 471. The molecule has 1 fully saturated rings. The fourth-order valence-electron chi connectivity index (χ4n) is 2.61. The minimum atomic E-state index is -0.421. The number of halogens is 1. The summed E-state index contributed by atoms with van der Waals surface area (Å²) in [6.07, 6.45) is 0.395. The Morgan fingerprint density at radius 3 is 2.80 bits per heavy atom. The first-order chi connectivity index (χ1) is 9.65. The summed E-state index contributed by atoms with van der Waals surface area (Å²) in [7, 11) is 0. The number of benzene rings is 1. The van der Waals surface area contributed by atoms with Crippen molar-refractivity contribution in [1.82, 2.24) is 4.90 Å². The van der Waals surface area contributed by atoms with Crippen molar-refractivity contribution in [1.29, 1.82) is 5.26 Å². The van der Waals surface area contributed by atoms with Gasteiger partial charge >= 0.3 is 0 Å². The average Bonchev–Trinajstić information content (AvgIpc) is 2.49. The van der Waals surface area contributed by atoms with Crippen LogP contribution in [0.5, 0.6) is 0 Å². The fraction of sp³-hybridized carbons (Fsp3) is 0.533. The highest BCUT2D eigenvalue weighted by molar-refractivity contribution is 5.22. The van der Waals surface area contributed by atoms with Gasteiger partial charge in [-0.05, 0) is 24.1 Å². The van der Waals surface area contributed by atoms with E-state index >= 15 is 0 Å². The van der Waals surface area contributed by atoms with Crippen LogP contribution in [0.3, 0.4) is 0 Å². The summed E-state index contributed by atoms with van der Waals surface area (Å²) in [6, 6.07) is 8.51. The van der Waals surface area contributed by atoms with E-state index in [4.69, 9.17) is 15.7 Å². The average molecular weight is 277 g/mol. The topological polar surface area (TPSA) is 62.3 Å². The largest absolute Gasteiger partial charge is 0.361 e. The quantitative estimate of drug-likeness (QED) is 0.912. The first-order valence-corrected chi connectivity index (χ1v) is 6.92. The van der Waals surface area contributed by atoms with E-state index in [0.717, 1.165) is 18.5 Å². The molecule has 5 heteroatoms. The van der Waals surface area contributed by atoms with Gasteiger partial charge in [-0.3, -0.25) is 4.90 Å². The van der Waals surface area contributed by atoms with Crippen molar-refractivity contribution in [2.75, 3.05) is 19.7 Å². The zero-order chi connectivity index (χ0) is 14.5. The third-order valence-electron chi connectivity index (χ3n) is 3.72. The number of rotatable bonds is 4. The lowest BCUT2D eigenvalue weighted by atomic mass is 9.95. The first-order valence-electron chi connectivity index (χ1n) is 6.92. The Morgan fingerprint density at radius 1 is 1.50 bits per heavy atom. The molecule has 0 aliphatic carbocycles. The standard InChI is InChI=1S/C15H20FN3O/c1-2-14(18)15(11-3-5-12(16)6-4-11)19-7-8-20-13(9-17)10-19/h3-6,13-15H,2,7-8,10,18H2,1H3. The van der Waals surface area contributed by atoms with Crippen molar-refractivity contribution in [2.24, 2.45) is 5.73 Å². The van der Waals surface area contributed by atoms with Gasteiger partial charge in [0, 0.05) is 19.1 Å². The van der Waals surface area contributed by atoms with Crippen LogP contribution in [0.1, 0.15) is 24.9 Å². The zero-order valence-corrected chi connectivity index (χ0v) is 11.6. The van der Waals surface area contributed by atoms with E-state index in [2.05, 4.69) is 11.0 Å². The summed E-state index contributed by atoms with van der Waals surface area (Å²) >= 11 is 0. The third-order valence-corrected chi connectivity index (χ3v) is 3.72. The number of ether oxygens (including phenoxy) is 1. The van der Waals surface area contributed by atoms with E-state index in [9.17, 15) is 4.39 Å². The van der Waals surface area contributed by atoms with Crippen LogP contribution in [0, 0.1) is 17.1 Å². The molecule has 0 saturated carbocycles. The number of hydrogen-bond acceptors (Lipinski definition) is 4. The van der Waals surface area contributed by atoms with E-state index < -0.39 is 6.10 Å². The maximum absolute atomic E-state index is 13.1. The summed E-state index contributed by atoms with van der Waals surface area (Å²) in [5, 5.41) is 9.01. The molecule has 108 valence electrons. The van der Waals surface area contributed by atoms with Gasteiger partial charge in [-0.15, -0.1) is 0 Å². The highest BCUT2D eigenvalue weighted by atomic mass is 19.1. The van der Waals surface area contributed by atoms with E-state index in [0.29, 0.717) is 13.2 Å². The molecule has 0 amide bonds. The van der Waals surface area contributed by atoms with Gasteiger partial charge in [-0.25, -0.2) is 4.39 Å². The molecule has 0 bridgehead atoms. The van der Waals surface area contributed by atoms with E-state index in [-0.39, 0.29) is 17.9 Å². The van der Waals surface area contributed by atoms with E-state index in [1.807, 2.05) is 6.92 Å². The number of morpholine rings is 1. The smallest absolute Gasteiger partial charge is 0.156 e. The Balaban J connectivity index is 2.23. The predicted octanol–water partition coefficient (Wildman–Crippen LogP) is 1.83. The van der Waals surface area contributed by atoms with Crippen LogP contribution in [-0.4, -0.2) is 36.7 Å². The second kappa shape index (κ2) is 6.80. The van der Waals surface area contributed by atoms with Crippen molar-refractivity contribution < 1.29 is 9.13 Å². The lowest BCUT2D eigenvalue weighted by molar-refractivity contribution is -0.0222. The molecule has 2 rings (SSSR count). The number of nitrogens with zero attached hydrogens (tertiary/aromatic N) is 2. The maximum atomic E-state index is 13.1. The highest BCUT2D eigenvalue weighted by Gasteiger charge is 2.30. The molecule has 1 saturated heterocycles. The van der Waals surface area contributed by atoms with Crippen LogP contribution in [0.4, 0.5) is 4.39 Å². The van der Waals surface area contributed by atoms with Crippen LogP contribution in [0.25, 0.3) is 0 Å². The normalized spacial score (nSPS) is 23.0. The van der Waals surface area contributed by atoms with Crippen LogP contribution in [-0.2, 0) is 4.74 Å². The SMILES string of the molecule is CCC(N)C(c1ccc(F)cc1)N1CCOC(C#N)C1. The molecule has 1 aromatic rings. The molecule has 1 aliphatic heterocycles. The summed E-state index contributed by atoms with van der Waals surface area (Å²) in [5.41, 5.74) is 7.23. The summed E-state index contributed by atoms with van der Waals surface area (Å²) in [5.74, 6) is -0.255. The Labute approximate surface area is 118 Å². The minimum absolute atomic E-state index is 0.0136. The van der Waals surface area contributed by atoms with Crippen molar-refractivity contribution >= 4 is 0 Å². The molecule has 0 radical (unpaired) electrons. The van der Waals surface area contributed by atoms with Gasteiger partial charge in [0.2, 0.25) is 0 Å². The molecule has 0 spiro atoms. The third kappa shape index (κ3) is 3.34. The molecule has 3 unspecified atom stereocenters. The molecular formula is C15H20FN3O. The van der Waals surface area contributed by atoms with Crippen LogP contribution in [0.2, 0.25) is 0 Å². The highest BCUT2D eigenvalue weighted by Crippen LogP contribution is 2.27. The van der Waals surface area contributed by atoms with Crippen molar-refractivity contribution in [3.63, 3.8) is 0 Å². The number of hydrogen-bond donors (Lipinski definition) is 1. The predicted molar refractivity (Wildman–Crippen MR) is 74.3 cm³/mol. The summed E-state index contributed by atoms with van der Waals surface area (Å²) in [4.78, 5) is 2.17. The molecule has 1 aliphatic rings. The number of nitrogens with two attached hydrogens (primary N) is 1. The van der Waals surface area contributed by atoms with Crippen LogP contribution >= 0.6 is 0 Å². The van der Waals surface area contributed by atoms with Crippen molar-refractivity contribution in [2.45, 2.75) is 31.5 Å². The van der Waals surface area contributed by atoms with Gasteiger partial charge < -0.3 is 10.5 Å². The fourth-order valence-corrected chi connectivity index (χ4v) is 2.61. The lowest BCUT2D eigenvalue weighted by Gasteiger charge is -2.39. The summed E-state index contributed by atoms with van der Waals surface area (Å²) < 4.78 is 18.5. The van der Waals surface area contributed by atoms with Crippen molar-refractivity contribution in [3.05, 3.63) is 35.6 Å². The van der Waals surface area contributed by atoms with Gasteiger partial charge in [-0.2, -0.15) is 5.26 Å². The lowest BCUT2D eigenvalue weighted by Crippen LogP contribution is -2.49. The van der Waals surface area contributed by atoms with E-state index in [1.165, 1.54) is 12.1 Å². The number of nitriles is 1. The maximum Gasteiger partial charge on any atom is 0.156 e. The van der Waals surface area contributed by atoms with Gasteiger partial charge in [0.05, 0.1) is 18.7 Å². The van der Waals surface area contributed by atoms with Gasteiger partial charge in [0.1, 0.15) is 5.82 Å². The Morgan fingerprint density at radius 2 is 2.20 bits per heavy atom. The molecule has 1 aromatic carbocycles. The first kappa shape index (κ1) is 14.9. The molecule has 20 heavy (non-hydrogen) atoms. The zero-order valence-electron chi connectivity index (χ0n) is 11.6. The monoisotopic (exact) mass is 277 g/mol. The molecule has 0 aromatic heterocycles. The van der Waals surface area contributed by atoms with E-state index in [1.54, 1.807) is 12.1 Å². The van der Waals surface area contributed by atoms with Gasteiger partial charge in [-0.1, -0.05) is 19.1 Å². The van der Waals surface area contributed by atoms with Gasteiger partial charge in [0.25, 0.3) is 0 Å². The minimum Gasteiger partial charge on any atom is -0.361 e. The Kier molecular flexibility index (Phi) is 5.07. The second-order valence-corrected chi connectivity index (χ2v) is 5.05. The van der Waals surface area contributed by atoms with Crippen LogP contribution in [0.15, 0.2) is 24.3 Å². The molecule has 3 atom stereocenters. The Hall–Kier alpha value is -1.48. The van der Waals surface area contributed by atoms with Crippen LogP contribution < -0.4 is 5.73 Å². The molecule has 1 heterocycles. The van der Waals surface area contributed by atoms with Gasteiger partial charge in [0.15, 0.2) is 6.10 Å². The molecular weight excluding hydrogens is 257 g/mol. The molecule has 4 nitrogen and oxygen atoms in total. The summed E-state index contributed by atoms with van der Waals surface area (Å²) in [6.45, 7) is 3.82. The molecule has 2 N–H and O–H groups in total.